The molecule has 1 atom stereocenters. The predicted octanol–water partition coefficient (Wildman–Crippen LogP) is 2.05. The van der Waals surface area contributed by atoms with Crippen molar-refractivity contribution in [2.45, 2.75) is 26.3 Å². The molecule has 5 nitrogen and oxygen atoms in total. The van der Waals surface area contributed by atoms with Crippen LogP contribution in [0.3, 0.4) is 0 Å². The summed E-state index contributed by atoms with van der Waals surface area (Å²) in [5, 5.41) is 13.8. The molecule has 1 unspecified atom stereocenters. The monoisotopic (exact) mass is 223 g/mol. The number of hydrogen-bond donors (Lipinski definition) is 2. The highest BCUT2D eigenvalue weighted by molar-refractivity contribution is 5.54. The molecular formula is C11H17N3O2. The fourth-order valence-electron chi connectivity index (χ4n) is 1.36. The minimum Gasteiger partial charge on any atom is -0.385 e. The molecule has 88 valence electrons. The molecule has 0 bridgehead atoms. The Kier molecular flexibility index (Phi) is 4.25. The first-order valence-corrected chi connectivity index (χ1v) is 5.25. The summed E-state index contributed by atoms with van der Waals surface area (Å²) in [5.41, 5.74) is 7.19. The standard InChI is InChI=1S/C11H17N3O2/c1-8-3-4-10(7-11(8)14(15)16)13-6-5-9(2)12/h3-4,7,9,13H,5-6,12H2,1-2H3. The van der Waals surface area contributed by atoms with Gasteiger partial charge in [0.15, 0.2) is 0 Å². The topological polar surface area (TPSA) is 81.2 Å². The average Bonchev–Trinajstić information content (AvgIpc) is 2.19. The summed E-state index contributed by atoms with van der Waals surface area (Å²) < 4.78 is 0. The SMILES string of the molecule is Cc1ccc(NCCC(C)N)cc1[N+](=O)[O-]. The van der Waals surface area contributed by atoms with Gasteiger partial charge in [0, 0.05) is 29.9 Å². The Hall–Kier alpha value is -1.62. The average molecular weight is 223 g/mol. The van der Waals surface area contributed by atoms with Gasteiger partial charge in [-0.05, 0) is 26.3 Å². The van der Waals surface area contributed by atoms with Gasteiger partial charge in [0.25, 0.3) is 5.69 Å². The lowest BCUT2D eigenvalue weighted by Gasteiger charge is -2.08. The molecule has 5 heteroatoms. The molecule has 0 aliphatic heterocycles. The molecule has 0 heterocycles. The maximum atomic E-state index is 10.7. The summed E-state index contributed by atoms with van der Waals surface area (Å²) in [6.07, 6.45) is 0.835. The number of rotatable bonds is 5. The molecule has 0 aliphatic rings. The number of benzene rings is 1. The Balaban J connectivity index is 2.68. The summed E-state index contributed by atoms with van der Waals surface area (Å²) in [7, 11) is 0. The highest BCUT2D eigenvalue weighted by atomic mass is 16.6. The lowest BCUT2D eigenvalue weighted by molar-refractivity contribution is -0.385. The third-order valence-corrected chi connectivity index (χ3v) is 2.33. The van der Waals surface area contributed by atoms with E-state index in [9.17, 15) is 10.1 Å². The Morgan fingerprint density at radius 1 is 1.56 bits per heavy atom. The maximum Gasteiger partial charge on any atom is 0.274 e. The van der Waals surface area contributed by atoms with E-state index in [1.54, 1.807) is 19.1 Å². The molecule has 0 fully saturated rings. The molecule has 1 rings (SSSR count). The van der Waals surface area contributed by atoms with Crippen LogP contribution in [0.5, 0.6) is 0 Å². The van der Waals surface area contributed by atoms with Gasteiger partial charge in [0.05, 0.1) is 4.92 Å². The third-order valence-electron chi connectivity index (χ3n) is 2.33. The highest BCUT2D eigenvalue weighted by Gasteiger charge is 2.10. The van der Waals surface area contributed by atoms with Crippen molar-refractivity contribution in [3.63, 3.8) is 0 Å². The first-order valence-electron chi connectivity index (χ1n) is 5.25. The van der Waals surface area contributed by atoms with Crippen LogP contribution in [0.4, 0.5) is 11.4 Å². The van der Waals surface area contributed by atoms with Crippen LogP contribution in [-0.2, 0) is 0 Å². The molecule has 0 aromatic heterocycles. The molecule has 0 radical (unpaired) electrons. The number of anilines is 1. The third kappa shape index (κ3) is 3.51. The summed E-state index contributed by atoms with van der Waals surface area (Å²) in [5.74, 6) is 0. The molecule has 0 saturated heterocycles. The molecule has 1 aromatic rings. The molecular weight excluding hydrogens is 206 g/mol. The van der Waals surface area contributed by atoms with Gasteiger partial charge in [-0.3, -0.25) is 10.1 Å². The van der Waals surface area contributed by atoms with Crippen molar-refractivity contribution < 1.29 is 4.92 Å². The number of nitrogens with one attached hydrogen (secondary N) is 1. The number of nitro benzene ring substituents is 1. The molecule has 0 amide bonds. The van der Waals surface area contributed by atoms with Crippen molar-refractivity contribution in [3.05, 3.63) is 33.9 Å². The van der Waals surface area contributed by atoms with Gasteiger partial charge >= 0.3 is 0 Å². The number of hydrogen-bond acceptors (Lipinski definition) is 4. The van der Waals surface area contributed by atoms with E-state index < -0.39 is 0 Å². The molecule has 0 saturated carbocycles. The van der Waals surface area contributed by atoms with E-state index in [0.717, 1.165) is 18.7 Å². The van der Waals surface area contributed by atoms with Crippen LogP contribution in [0.15, 0.2) is 18.2 Å². The highest BCUT2D eigenvalue weighted by Crippen LogP contribution is 2.22. The Morgan fingerprint density at radius 3 is 2.81 bits per heavy atom. The quantitative estimate of drug-likeness (QED) is 0.591. The fraction of sp³-hybridized carbons (Fsp3) is 0.455. The first-order chi connectivity index (χ1) is 7.50. The van der Waals surface area contributed by atoms with Crippen LogP contribution >= 0.6 is 0 Å². The first kappa shape index (κ1) is 12.4. The summed E-state index contributed by atoms with van der Waals surface area (Å²) in [4.78, 5) is 10.3. The molecule has 1 aromatic carbocycles. The van der Waals surface area contributed by atoms with Crippen LogP contribution in [0.25, 0.3) is 0 Å². The summed E-state index contributed by atoms with van der Waals surface area (Å²) in [6, 6.07) is 5.26. The van der Waals surface area contributed by atoms with E-state index in [1.165, 1.54) is 0 Å². The van der Waals surface area contributed by atoms with E-state index in [0.29, 0.717) is 5.56 Å². The van der Waals surface area contributed by atoms with E-state index in [1.807, 2.05) is 13.0 Å². The lowest BCUT2D eigenvalue weighted by Crippen LogP contribution is -2.19. The van der Waals surface area contributed by atoms with Crippen LogP contribution in [-0.4, -0.2) is 17.5 Å². The van der Waals surface area contributed by atoms with Crippen LogP contribution < -0.4 is 11.1 Å². The van der Waals surface area contributed by atoms with E-state index >= 15 is 0 Å². The zero-order valence-corrected chi connectivity index (χ0v) is 9.56. The number of aryl methyl sites for hydroxylation is 1. The normalized spacial score (nSPS) is 12.2. The smallest absolute Gasteiger partial charge is 0.274 e. The second kappa shape index (κ2) is 5.46. The minimum absolute atomic E-state index is 0.132. The van der Waals surface area contributed by atoms with Gasteiger partial charge in [0.2, 0.25) is 0 Å². The van der Waals surface area contributed by atoms with Crippen molar-refractivity contribution in [3.8, 4) is 0 Å². The second-order valence-corrected chi connectivity index (χ2v) is 3.95. The zero-order valence-electron chi connectivity index (χ0n) is 9.56. The lowest BCUT2D eigenvalue weighted by atomic mass is 10.2. The largest absolute Gasteiger partial charge is 0.385 e. The summed E-state index contributed by atoms with van der Waals surface area (Å²) >= 11 is 0. The van der Waals surface area contributed by atoms with Gasteiger partial charge in [-0.25, -0.2) is 0 Å². The fourth-order valence-corrected chi connectivity index (χ4v) is 1.36. The van der Waals surface area contributed by atoms with Gasteiger partial charge in [0.1, 0.15) is 0 Å². The molecule has 0 spiro atoms. The zero-order chi connectivity index (χ0) is 12.1. The van der Waals surface area contributed by atoms with Crippen LogP contribution in [0, 0.1) is 17.0 Å². The molecule has 16 heavy (non-hydrogen) atoms. The maximum absolute atomic E-state index is 10.7. The van der Waals surface area contributed by atoms with Gasteiger partial charge in [-0.1, -0.05) is 6.07 Å². The van der Waals surface area contributed by atoms with Gasteiger partial charge in [-0.2, -0.15) is 0 Å². The Labute approximate surface area is 94.8 Å². The van der Waals surface area contributed by atoms with E-state index in [-0.39, 0.29) is 16.7 Å². The second-order valence-electron chi connectivity index (χ2n) is 3.95. The van der Waals surface area contributed by atoms with Crippen LogP contribution in [0.2, 0.25) is 0 Å². The van der Waals surface area contributed by atoms with Crippen molar-refractivity contribution in [1.82, 2.24) is 0 Å². The Morgan fingerprint density at radius 2 is 2.25 bits per heavy atom. The minimum atomic E-state index is -0.369. The molecule has 3 N–H and O–H groups in total. The van der Waals surface area contributed by atoms with Crippen molar-refractivity contribution in [2.75, 3.05) is 11.9 Å². The van der Waals surface area contributed by atoms with Crippen molar-refractivity contribution in [1.29, 1.82) is 0 Å². The van der Waals surface area contributed by atoms with Gasteiger partial charge in [-0.15, -0.1) is 0 Å². The number of nitrogens with two attached hydrogens (primary N) is 1. The predicted molar refractivity (Wildman–Crippen MR) is 64.6 cm³/mol. The number of nitrogens with zero attached hydrogens (tertiary/aromatic N) is 1. The van der Waals surface area contributed by atoms with Crippen molar-refractivity contribution in [2.24, 2.45) is 5.73 Å². The molecule has 0 aliphatic carbocycles. The van der Waals surface area contributed by atoms with E-state index in [2.05, 4.69) is 5.32 Å². The van der Waals surface area contributed by atoms with E-state index in [4.69, 9.17) is 5.73 Å². The van der Waals surface area contributed by atoms with Crippen LogP contribution in [0.1, 0.15) is 18.9 Å². The van der Waals surface area contributed by atoms with Crippen molar-refractivity contribution >= 4 is 11.4 Å². The Bertz CT molecular complexity index is 377. The van der Waals surface area contributed by atoms with Gasteiger partial charge < -0.3 is 11.1 Å². The number of nitro groups is 1. The summed E-state index contributed by atoms with van der Waals surface area (Å²) in [6.45, 7) is 4.38.